The minimum atomic E-state index is -0.0806. The fourth-order valence-corrected chi connectivity index (χ4v) is 2.08. The largest absolute Gasteiger partial charge is 0.484 e. The van der Waals surface area contributed by atoms with Gasteiger partial charge >= 0.3 is 0 Å². The van der Waals surface area contributed by atoms with Crippen LogP contribution in [-0.2, 0) is 4.79 Å². The Bertz CT molecular complexity index is 638. The fraction of sp³-hybridized carbons (Fsp3) is 0.167. The van der Waals surface area contributed by atoms with Crippen LogP contribution in [0.1, 0.15) is 0 Å². The van der Waals surface area contributed by atoms with Crippen molar-refractivity contribution in [3.05, 3.63) is 67.8 Å². The molecule has 0 fully saturated rings. The van der Waals surface area contributed by atoms with E-state index in [1.54, 1.807) is 17.1 Å². The number of hydrogen-bond acceptors (Lipinski definition) is 2. The highest BCUT2D eigenvalue weighted by Gasteiger charge is 2.11. The molecule has 0 saturated heterocycles. The molecule has 0 radical (unpaired) electrons. The normalized spacial score (nSPS) is 10.1. The summed E-state index contributed by atoms with van der Waals surface area (Å²) in [6, 6.07) is 13.8. The first-order valence-electron chi connectivity index (χ1n) is 6.85. The van der Waals surface area contributed by atoms with Crippen molar-refractivity contribution < 1.29 is 9.53 Å². The zero-order valence-corrected chi connectivity index (χ0v) is 12.0. The van der Waals surface area contributed by atoms with E-state index in [0.29, 0.717) is 18.8 Å². The highest BCUT2D eigenvalue weighted by molar-refractivity contribution is 5.84. The molecule has 2 aromatic carbocycles. The maximum Gasteiger partial charge on any atom is 0.261 e. The number of ether oxygens (including phenoxy) is 1. The molecular weight excluding hydrogens is 262 g/mol. The Kier molecular flexibility index (Phi) is 5.16. The Morgan fingerprint density at radius 1 is 1.05 bits per heavy atom. The van der Waals surface area contributed by atoms with Gasteiger partial charge in [-0.05, 0) is 22.9 Å². The third-order valence-electron chi connectivity index (χ3n) is 3.13. The second kappa shape index (κ2) is 7.29. The number of carbonyl (C=O) groups excluding carboxylic acids is 1. The Hall–Kier alpha value is -2.55. The van der Waals surface area contributed by atoms with E-state index in [2.05, 4.69) is 13.2 Å². The predicted molar refractivity (Wildman–Crippen MR) is 86.4 cm³/mol. The van der Waals surface area contributed by atoms with E-state index in [4.69, 9.17) is 4.74 Å². The molecule has 3 nitrogen and oxygen atoms in total. The highest BCUT2D eigenvalue weighted by atomic mass is 16.5. The van der Waals surface area contributed by atoms with Crippen molar-refractivity contribution in [3.8, 4) is 5.75 Å². The molecule has 0 aliphatic rings. The van der Waals surface area contributed by atoms with Crippen LogP contribution in [0.5, 0.6) is 5.75 Å². The second-order valence-corrected chi connectivity index (χ2v) is 4.67. The molecule has 0 aliphatic heterocycles. The van der Waals surface area contributed by atoms with Crippen LogP contribution < -0.4 is 4.74 Å². The SMILES string of the molecule is C=CCN(CC=C)C(=O)COc1ccc2ccccc2c1. The van der Waals surface area contributed by atoms with Gasteiger partial charge in [0.2, 0.25) is 0 Å². The molecule has 2 aromatic rings. The van der Waals surface area contributed by atoms with Crippen LogP contribution in [-0.4, -0.2) is 30.5 Å². The van der Waals surface area contributed by atoms with Gasteiger partial charge < -0.3 is 9.64 Å². The summed E-state index contributed by atoms with van der Waals surface area (Å²) in [5, 5.41) is 2.24. The van der Waals surface area contributed by atoms with Crippen LogP contribution in [0.15, 0.2) is 67.8 Å². The van der Waals surface area contributed by atoms with Crippen LogP contribution >= 0.6 is 0 Å². The lowest BCUT2D eigenvalue weighted by Crippen LogP contribution is -2.35. The zero-order chi connectivity index (χ0) is 15.1. The minimum absolute atomic E-state index is 0.0139. The number of fused-ring (bicyclic) bond motifs is 1. The van der Waals surface area contributed by atoms with Gasteiger partial charge in [0, 0.05) is 13.1 Å². The Morgan fingerprint density at radius 3 is 2.38 bits per heavy atom. The lowest BCUT2D eigenvalue weighted by Gasteiger charge is -2.19. The van der Waals surface area contributed by atoms with Gasteiger partial charge in [-0.2, -0.15) is 0 Å². The van der Waals surface area contributed by atoms with Crippen LogP contribution in [0.25, 0.3) is 10.8 Å². The topological polar surface area (TPSA) is 29.5 Å². The average Bonchev–Trinajstić information content (AvgIpc) is 2.52. The van der Waals surface area contributed by atoms with Crippen molar-refractivity contribution in [2.45, 2.75) is 0 Å². The van der Waals surface area contributed by atoms with Crippen LogP contribution in [0.4, 0.5) is 0 Å². The van der Waals surface area contributed by atoms with Crippen molar-refractivity contribution >= 4 is 16.7 Å². The van der Waals surface area contributed by atoms with E-state index in [-0.39, 0.29) is 12.5 Å². The Labute approximate surface area is 125 Å². The van der Waals surface area contributed by atoms with E-state index < -0.39 is 0 Å². The summed E-state index contributed by atoms with van der Waals surface area (Å²) in [5.41, 5.74) is 0. The van der Waals surface area contributed by atoms with Crippen molar-refractivity contribution in [1.82, 2.24) is 4.90 Å². The molecule has 0 saturated carbocycles. The summed E-state index contributed by atoms with van der Waals surface area (Å²) >= 11 is 0. The first kappa shape index (κ1) is 14.9. The average molecular weight is 281 g/mol. The number of rotatable bonds is 7. The van der Waals surface area contributed by atoms with E-state index in [0.717, 1.165) is 10.8 Å². The van der Waals surface area contributed by atoms with Crippen LogP contribution in [0.2, 0.25) is 0 Å². The second-order valence-electron chi connectivity index (χ2n) is 4.67. The lowest BCUT2D eigenvalue weighted by molar-refractivity contribution is -0.132. The molecule has 0 N–H and O–H groups in total. The first-order valence-corrected chi connectivity index (χ1v) is 6.85. The van der Waals surface area contributed by atoms with Gasteiger partial charge in [0.05, 0.1) is 0 Å². The van der Waals surface area contributed by atoms with Crippen LogP contribution in [0, 0.1) is 0 Å². The van der Waals surface area contributed by atoms with Gasteiger partial charge in [0.25, 0.3) is 5.91 Å². The summed E-state index contributed by atoms with van der Waals surface area (Å²) in [5.74, 6) is 0.613. The maximum atomic E-state index is 12.1. The predicted octanol–water partition coefficient (Wildman–Crippen LogP) is 3.42. The molecule has 3 heteroatoms. The molecule has 0 aromatic heterocycles. The standard InChI is InChI=1S/C18H19NO2/c1-3-11-19(12-4-2)18(20)14-21-17-10-9-15-7-5-6-8-16(15)13-17/h3-10,13H,1-2,11-12,14H2. The monoisotopic (exact) mass is 281 g/mol. The van der Waals surface area contributed by atoms with E-state index in [1.807, 2.05) is 42.5 Å². The summed E-state index contributed by atoms with van der Waals surface area (Å²) in [7, 11) is 0. The van der Waals surface area contributed by atoms with E-state index in [9.17, 15) is 4.79 Å². The minimum Gasteiger partial charge on any atom is -0.484 e. The molecule has 21 heavy (non-hydrogen) atoms. The fourth-order valence-electron chi connectivity index (χ4n) is 2.08. The molecule has 0 spiro atoms. The third-order valence-corrected chi connectivity index (χ3v) is 3.13. The lowest BCUT2D eigenvalue weighted by atomic mass is 10.1. The summed E-state index contributed by atoms with van der Waals surface area (Å²) in [6.07, 6.45) is 3.38. The first-order chi connectivity index (χ1) is 10.2. The molecule has 0 unspecified atom stereocenters. The van der Waals surface area contributed by atoms with Gasteiger partial charge in [-0.1, -0.05) is 42.5 Å². The quantitative estimate of drug-likeness (QED) is 0.728. The third kappa shape index (κ3) is 3.96. The number of benzene rings is 2. The summed E-state index contributed by atoms with van der Waals surface area (Å²) in [6.45, 7) is 8.30. The van der Waals surface area contributed by atoms with Crippen molar-refractivity contribution in [2.24, 2.45) is 0 Å². The highest BCUT2D eigenvalue weighted by Crippen LogP contribution is 2.20. The van der Waals surface area contributed by atoms with Crippen molar-refractivity contribution in [2.75, 3.05) is 19.7 Å². The van der Waals surface area contributed by atoms with Crippen LogP contribution in [0.3, 0.4) is 0 Å². The Balaban J connectivity index is 2.01. The molecule has 0 bridgehead atoms. The number of carbonyl (C=O) groups is 1. The number of hydrogen-bond donors (Lipinski definition) is 0. The van der Waals surface area contributed by atoms with Gasteiger partial charge in [-0.3, -0.25) is 4.79 Å². The maximum absolute atomic E-state index is 12.1. The number of nitrogens with zero attached hydrogens (tertiary/aromatic N) is 1. The van der Waals surface area contributed by atoms with E-state index in [1.165, 1.54) is 0 Å². The summed E-state index contributed by atoms with van der Waals surface area (Å²) < 4.78 is 5.59. The van der Waals surface area contributed by atoms with E-state index >= 15 is 0 Å². The molecule has 2 rings (SSSR count). The van der Waals surface area contributed by atoms with Gasteiger partial charge in [-0.25, -0.2) is 0 Å². The van der Waals surface area contributed by atoms with Gasteiger partial charge in [0.1, 0.15) is 5.75 Å². The molecule has 0 aliphatic carbocycles. The molecule has 1 amide bonds. The molecule has 108 valence electrons. The van der Waals surface area contributed by atoms with Crippen molar-refractivity contribution in [3.63, 3.8) is 0 Å². The molecule has 0 atom stereocenters. The molecular formula is C18H19NO2. The van der Waals surface area contributed by atoms with Crippen molar-refractivity contribution in [1.29, 1.82) is 0 Å². The number of amides is 1. The van der Waals surface area contributed by atoms with Gasteiger partial charge in [-0.15, -0.1) is 13.2 Å². The smallest absolute Gasteiger partial charge is 0.261 e. The van der Waals surface area contributed by atoms with Gasteiger partial charge in [0.15, 0.2) is 6.61 Å². The Morgan fingerprint density at radius 2 is 1.71 bits per heavy atom. The molecule has 0 heterocycles. The summed E-state index contributed by atoms with van der Waals surface area (Å²) in [4.78, 5) is 13.7. The zero-order valence-electron chi connectivity index (χ0n) is 12.0.